The molecule has 3 N–H and O–H groups in total. The van der Waals surface area contributed by atoms with Crippen molar-refractivity contribution in [1.29, 1.82) is 0 Å². The highest BCUT2D eigenvalue weighted by molar-refractivity contribution is 5.99. The Kier molecular flexibility index (Phi) is 9.84. The molecule has 0 aliphatic carbocycles. The summed E-state index contributed by atoms with van der Waals surface area (Å²) in [6.45, 7) is 7.60. The van der Waals surface area contributed by atoms with Gasteiger partial charge in [0.05, 0.1) is 12.6 Å². The monoisotopic (exact) mass is 575 g/mol. The molecule has 1 saturated heterocycles. The van der Waals surface area contributed by atoms with Crippen molar-refractivity contribution in [2.75, 3.05) is 6.61 Å². The molecule has 3 heterocycles. The topological polar surface area (TPSA) is 156 Å². The molecule has 3 amide bonds. The Morgan fingerprint density at radius 3 is 2.12 bits per heavy atom. The number of carbonyl (C=O) groups excluding carboxylic acids is 4. The molecule has 11 heteroatoms. The molecule has 0 spiro atoms. The molecule has 2 aromatic heterocycles. The maximum atomic E-state index is 13.7. The van der Waals surface area contributed by atoms with Crippen molar-refractivity contribution in [3.63, 3.8) is 0 Å². The second-order valence-electron chi connectivity index (χ2n) is 11.2. The fraction of sp³-hybridized carbons (Fsp3) is 0.419. The number of rotatable bonds is 14. The van der Waals surface area contributed by atoms with Crippen LogP contribution in [-0.4, -0.2) is 64.0 Å². The van der Waals surface area contributed by atoms with E-state index in [1.807, 2.05) is 44.2 Å². The Morgan fingerprint density at radius 2 is 1.55 bits per heavy atom. The normalized spacial score (nSPS) is 18.0. The highest BCUT2D eigenvalue weighted by Crippen LogP contribution is 2.29. The Labute approximate surface area is 244 Å². The number of epoxide rings is 1. The van der Waals surface area contributed by atoms with Crippen LogP contribution in [0.25, 0.3) is 0 Å². The number of nitrogens with one attached hydrogen (secondary N) is 3. The van der Waals surface area contributed by atoms with Gasteiger partial charge < -0.3 is 25.2 Å². The number of amides is 3. The highest BCUT2D eigenvalue weighted by Gasteiger charge is 2.50. The first kappa shape index (κ1) is 30.6. The lowest BCUT2D eigenvalue weighted by molar-refractivity contribution is -0.133. The van der Waals surface area contributed by atoms with Gasteiger partial charge in [-0.2, -0.15) is 0 Å². The lowest BCUT2D eigenvalue weighted by Gasteiger charge is -2.26. The van der Waals surface area contributed by atoms with Gasteiger partial charge in [-0.1, -0.05) is 55.4 Å². The fourth-order valence-electron chi connectivity index (χ4n) is 4.57. The van der Waals surface area contributed by atoms with E-state index in [4.69, 9.17) is 9.26 Å². The second-order valence-corrected chi connectivity index (χ2v) is 11.2. The van der Waals surface area contributed by atoms with Crippen molar-refractivity contribution in [3.8, 4) is 0 Å². The number of ketones is 1. The largest absolute Gasteiger partial charge is 0.361 e. The van der Waals surface area contributed by atoms with Crippen LogP contribution < -0.4 is 16.0 Å². The van der Waals surface area contributed by atoms with Crippen LogP contribution in [0.3, 0.4) is 0 Å². The summed E-state index contributed by atoms with van der Waals surface area (Å²) in [5.41, 5.74) is 0.489. The number of nitrogens with zero attached hydrogens (tertiary/aromatic N) is 2. The Bertz CT molecular complexity index is 1390. The summed E-state index contributed by atoms with van der Waals surface area (Å²) in [6, 6.07) is 13.1. The molecular formula is C31H37N5O6. The van der Waals surface area contributed by atoms with E-state index in [9.17, 15) is 19.2 Å². The predicted octanol–water partition coefficient (Wildman–Crippen LogP) is 2.34. The first-order valence-corrected chi connectivity index (χ1v) is 14.0. The molecule has 0 radical (unpaired) electrons. The number of Topliss-reactive ketones (excluding diaryl/α,β-unsaturated/α-hetero) is 1. The standard InChI is InChI=1S/C31H37N5O6/c1-19(2)14-23(27(37)31(4)18-41-31)33-28(38)24(16-21-10-6-5-7-11-21)34-29(39)25(17-22-12-8-9-13-32-22)35-30(40)26-15-20(3)42-36-26/h5-13,15,19,23-25H,14,16-18H2,1-4H3,(H,33,38)(H,34,39)(H,35,40)/t23?,24-,25?,31+/m0/s1. The van der Waals surface area contributed by atoms with E-state index in [1.54, 1.807) is 38.2 Å². The van der Waals surface area contributed by atoms with Crippen molar-refractivity contribution >= 4 is 23.5 Å². The van der Waals surface area contributed by atoms with Crippen molar-refractivity contribution in [1.82, 2.24) is 26.1 Å². The third-order valence-electron chi connectivity index (χ3n) is 6.98. The van der Waals surface area contributed by atoms with Gasteiger partial charge >= 0.3 is 0 Å². The van der Waals surface area contributed by atoms with Crippen molar-refractivity contribution in [3.05, 3.63) is 83.5 Å². The lowest BCUT2D eigenvalue weighted by Crippen LogP contribution is -2.57. The Hall–Kier alpha value is -4.38. The first-order valence-electron chi connectivity index (χ1n) is 14.0. The van der Waals surface area contributed by atoms with Crippen LogP contribution in [0.2, 0.25) is 0 Å². The SMILES string of the molecule is Cc1cc(C(=O)NC(Cc2ccccn2)C(=O)N[C@@H](Cc2ccccc2)C(=O)NC(CC(C)C)C(=O)[C@@]2(C)CO2)no1. The molecule has 4 atom stereocenters. The van der Waals surface area contributed by atoms with Crippen LogP contribution in [-0.2, 0) is 32.0 Å². The van der Waals surface area contributed by atoms with Crippen LogP contribution in [0.1, 0.15) is 54.7 Å². The predicted molar refractivity (Wildman–Crippen MR) is 153 cm³/mol. The maximum absolute atomic E-state index is 13.7. The van der Waals surface area contributed by atoms with Crippen LogP contribution in [0.15, 0.2) is 65.3 Å². The number of ether oxygens (including phenoxy) is 1. The molecule has 2 unspecified atom stereocenters. The molecular weight excluding hydrogens is 538 g/mol. The zero-order valence-electron chi connectivity index (χ0n) is 24.3. The van der Waals surface area contributed by atoms with Gasteiger partial charge in [-0.3, -0.25) is 24.2 Å². The summed E-state index contributed by atoms with van der Waals surface area (Å²) in [7, 11) is 0. The van der Waals surface area contributed by atoms with Gasteiger partial charge in [0.1, 0.15) is 23.4 Å². The summed E-state index contributed by atoms with van der Waals surface area (Å²) in [4.78, 5) is 57.8. The molecule has 42 heavy (non-hydrogen) atoms. The Balaban J connectivity index is 1.56. The smallest absolute Gasteiger partial charge is 0.274 e. The van der Waals surface area contributed by atoms with Crippen molar-refractivity contribution in [2.45, 2.75) is 70.7 Å². The van der Waals surface area contributed by atoms with E-state index >= 15 is 0 Å². The van der Waals surface area contributed by atoms with E-state index in [-0.39, 0.29) is 30.2 Å². The fourth-order valence-corrected chi connectivity index (χ4v) is 4.57. The van der Waals surface area contributed by atoms with E-state index in [2.05, 4.69) is 26.1 Å². The van der Waals surface area contributed by atoms with Gasteiger partial charge in [0.15, 0.2) is 11.5 Å². The second kappa shape index (κ2) is 13.5. The van der Waals surface area contributed by atoms with Crippen LogP contribution in [0.4, 0.5) is 0 Å². The van der Waals surface area contributed by atoms with Crippen LogP contribution >= 0.6 is 0 Å². The highest BCUT2D eigenvalue weighted by atomic mass is 16.6. The molecule has 3 aromatic rings. The average Bonchev–Trinajstić information content (AvgIpc) is 3.57. The Morgan fingerprint density at radius 1 is 0.905 bits per heavy atom. The molecule has 1 aliphatic rings. The van der Waals surface area contributed by atoms with E-state index < -0.39 is 41.4 Å². The summed E-state index contributed by atoms with van der Waals surface area (Å²) < 4.78 is 10.4. The summed E-state index contributed by atoms with van der Waals surface area (Å²) in [5, 5.41) is 12.1. The molecule has 222 valence electrons. The summed E-state index contributed by atoms with van der Waals surface area (Å²) >= 11 is 0. The number of hydrogen-bond donors (Lipinski definition) is 3. The maximum Gasteiger partial charge on any atom is 0.274 e. The molecule has 4 rings (SSSR count). The minimum Gasteiger partial charge on any atom is -0.361 e. The number of hydrogen-bond acceptors (Lipinski definition) is 8. The zero-order chi connectivity index (χ0) is 30.3. The van der Waals surface area contributed by atoms with Gasteiger partial charge in [-0.25, -0.2) is 0 Å². The number of carbonyl (C=O) groups is 4. The van der Waals surface area contributed by atoms with Gasteiger partial charge in [0.25, 0.3) is 5.91 Å². The number of aromatic nitrogens is 2. The third kappa shape index (κ3) is 8.32. The molecule has 0 saturated carbocycles. The summed E-state index contributed by atoms with van der Waals surface area (Å²) in [5.74, 6) is -1.33. The van der Waals surface area contributed by atoms with Crippen molar-refractivity contribution in [2.24, 2.45) is 5.92 Å². The van der Waals surface area contributed by atoms with E-state index in [0.717, 1.165) is 5.56 Å². The minimum absolute atomic E-state index is 0.0238. The number of aryl methyl sites for hydroxylation is 1. The molecule has 11 nitrogen and oxygen atoms in total. The van der Waals surface area contributed by atoms with E-state index in [0.29, 0.717) is 24.5 Å². The molecule has 1 aliphatic heterocycles. The quantitative estimate of drug-likeness (QED) is 0.247. The minimum atomic E-state index is -1.08. The molecule has 1 fully saturated rings. The molecule has 1 aromatic carbocycles. The average molecular weight is 576 g/mol. The van der Waals surface area contributed by atoms with Crippen molar-refractivity contribution < 1.29 is 28.4 Å². The van der Waals surface area contributed by atoms with Gasteiger partial charge in [0, 0.05) is 30.8 Å². The zero-order valence-corrected chi connectivity index (χ0v) is 24.3. The lowest BCUT2D eigenvalue weighted by atomic mass is 9.93. The van der Waals surface area contributed by atoms with E-state index in [1.165, 1.54) is 6.07 Å². The van der Waals surface area contributed by atoms with Crippen LogP contribution in [0, 0.1) is 12.8 Å². The van der Waals surface area contributed by atoms with Gasteiger partial charge in [-0.05, 0) is 43.9 Å². The molecule has 0 bridgehead atoms. The van der Waals surface area contributed by atoms with Gasteiger partial charge in [0.2, 0.25) is 11.8 Å². The third-order valence-corrected chi connectivity index (χ3v) is 6.98. The first-order chi connectivity index (χ1) is 20.0. The number of pyridine rings is 1. The van der Waals surface area contributed by atoms with Crippen LogP contribution in [0.5, 0.6) is 0 Å². The van der Waals surface area contributed by atoms with Gasteiger partial charge in [-0.15, -0.1) is 0 Å². The number of benzene rings is 1. The summed E-state index contributed by atoms with van der Waals surface area (Å²) in [6.07, 6.45) is 2.25.